The van der Waals surface area contributed by atoms with Crippen LogP contribution in [-0.2, 0) is 24.3 Å². The van der Waals surface area contributed by atoms with Crippen LogP contribution in [0.25, 0.3) is 11.6 Å². The van der Waals surface area contributed by atoms with Crippen molar-refractivity contribution >= 4 is 50.8 Å². The van der Waals surface area contributed by atoms with Crippen LogP contribution in [-0.4, -0.2) is 45.3 Å². The summed E-state index contributed by atoms with van der Waals surface area (Å²) in [5, 5.41) is 3.06. The molecule has 0 saturated carbocycles. The van der Waals surface area contributed by atoms with E-state index in [1.807, 2.05) is 0 Å². The molecule has 0 atom stereocenters. The van der Waals surface area contributed by atoms with E-state index in [0.717, 1.165) is 4.31 Å². The average Bonchev–Trinajstić information content (AvgIpc) is 2.84. The zero-order valence-corrected chi connectivity index (χ0v) is 21.4. The predicted molar refractivity (Wildman–Crippen MR) is 137 cm³/mol. The summed E-state index contributed by atoms with van der Waals surface area (Å²) in [6.45, 7) is 1.02. The first kappa shape index (κ1) is 27.1. The fraction of sp³-hybridized carbons (Fsp3) is 0.154. The second kappa shape index (κ2) is 11.5. The van der Waals surface area contributed by atoms with Gasteiger partial charge < -0.3 is 10.1 Å². The molecule has 0 heterocycles. The number of carbonyl (C=O) groups excluding carboxylic acids is 2. The Morgan fingerprint density at radius 1 is 1.03 bits per heavy atom. The number of sulfonamides is 1. The number of anilines is 1. The number of halogens is 2. The van der Waals surface area contributed by atoms with Gasteiger partial charge in [-0.25, -0.2) is 21.9 Å². The number of nitrogens with zero attached hydrogens (tertiary/aromatic N) is 1. The molecule has 3 aromatic rings. The van der Waals surface area contributed by atoms with Crippen molar-refractivity contribution < 1.29 is 27.1 Å². The summed E-state index contributed by atoms with van der Waals surface area (Å²) < 4.78 is 44.7. The minimum Gasteiger partial charge on any atom is -0.452 e. The van der Waals surface area contributed by atoms with Gasteiger partial charge in [0.2, 0.25) is 10.0 Å². The third kappa shape index (κ3) is 6.78. The van der Waals surface area contributed by atoms with E-state index in [4.69, 9.17) is 16.3 Å². The number of hydrogen-bond acceptors (Lipinski definition) is 5. The van der Waals surface area contributed by atoms with Crippen LogP contribution in [0.5, 0.6) is 0 Å². The molecule has 0 aliphatic rings. The van der Waals surface area contributed by atoms with Crippen LogP contribution in [0, 0.1) is 12.7 Å². The molecule has 36 heavy (non-hydrogen) atoms. The summed E-state index contributed by atoms with van der Waals surface area (Å²) in [6, 6.07) is 16.4. The number of ether oxygens (including phenoxy) is 1. The molecular weight excluding hydrogens is 507 g/mol. The molecule has 0 spiro atoms. The lowest BCUT2D eigenvalue weighted by atomic mass is 10.0. The lowest BCUT2D eigenvalue weighted by Gasteiger charge is -2.15. The monoisotopic (exact) mass is 530 g/mol. The minimum atomic E-state index is -3.71. The van der Waals surface area contributed by atoms with Crippen molar-refractivity contribution in [1.82, 2.24) is 4.31 Å². The maximum Gasteiger partial charge on any atom is 0.339 e. The Morgan fingerprint density at radius 2 is 1.67 bits per heavy atom. The number of amides is 1. The van der Waals surface area contributed by atoms with Crippen molar-refractivity contribution in [3.63, 3.8) is 0 Å². The highest BCUT2D eigenvalue weighted by molar-refractivity contribution is 7.89. The Balaban J connectivity index is 1.76. The first-order valence-corrected chi connectivity index (χ1v) is 12.5. The van der Waals surface area contributed by atoms with Crippen LogP contribution in [0.3, 0.4) is 0 Å². The van der Waals surface area contributed by atoms with E-state index in [2.05, 4.69) is 5.32 Å². The largest absolute Gasteiger partial charge is 0.452 e. The molecule has 188 valence electrons. The van der Waals surface area contributed by atoms with Gasteiger partial charge in [-0.05, 0) is 66.1 Å². The van der Waals surface area contributed by atoms with Crippen LogP contribution in [0.2, 0.25) is 5.02 Å². The van der Waals surface area contributed by atoms with Crippen LogP contribution in [0.4, 0.5) is 10.1 Å². The van der Waals surface area contributed by atoms with Crippen molar-refractivity contribution in [3.8, 4) is 0 Å². The molecule has 1 amide bonds. The van der Waals surface area contributed by atoms with Gasteiger partial charge in [0.1, 0.15) is 5.82 Å². The topological polar surface area (TPSA) is 92.8 Å². The van der Waals surface area contributed by atoms with Gasteiger partial charge in [-0.1, -0.05) is 41.9 Å². The van der Waals surface area contributed by atoms with Crippen molar-refractivity contribution in [2.45, 2.75) is 11.8 Å². The fourth-order valence-corrected chi connectivity index (χ4v) is 4.44. The molecule has 0 bridgehead atoms. The Hall–Kier alpha value is -3.53. The van der Waals surface area contributed by atoms with Gasteiger partial charge in [0, 0.05) is 24.8 Å². The highest BCUT2D eigenvalue weighted by Gasteiger charge is 2.21. The van der Waals surface area contributed by atoms with Crippen LogP contribution < -0.4 is 5.32 Å². The quantitative estimate of drug-likeness (QED) is 0.257. The molecule has 0 fully saturated rings. The number of esters is 1. The van der Waals surface area contributed by atoms with E-state index in [0.29, 0.717) is 21.7 Å². The molecular formula is C26H24ClFN2O5S. The van der Waals surface area contributed by atoms with E-state index >= 15 is 0 Å². The molecule has 10 heteroatoms. The minimum absolute atomic E-state index is 0.0480. The maximum atomic E-state index is 13.4. The van der Waals surface area contributed by atoms with Gasteiger partial charge >= 0.3 is 5.97 Å². The molecule has 0 unspecified atom stereocenters. The summed E-state index contributed by atoms with van der Waals surface area (Å²) in [4.78, 5) is 25.4. The summed E-state index contributed by atoms with van der Waals surface area (Å²) in [7, 11) is -0.890. The number of rotatable bonds is 8. The summed E-state index contributed by atoms with van der Waals surface area (Å²) in [5.41, 5.74) is 1.91. The van der Waals surface area contributed by atoms with E-state index in [1.165, 1.54) is 44.4 Å². The molecule has 1 N–H and O–H groups in total. The molecule has 3 aromatic carbocycles. The van der Waals surface area contributed by atoms with E-state index in [9.17, 15) is 22.4 Å². The second-order valence-corrected chi connectivity index (χ2v) is 10.6. The van der Waals surface area contributed by atoms with Gasteiger partial charge in [0.25, 0.3) is 5.91 Å². The van der Waals surface area contributed by atoms with Crippen LogP contribution in [0.15, 0.2) is 71.6 Å². The SMILES string of the molecule is Cc1ccc(NC(=O)COC(=O)C(=Cc2ccc(Cl)cc2)c2ccc(F)cc2)cc1S(=O)(=O)N(C)C. The third-order valence-corrected chi connectivity index (χ3v) is 7.33. The first-order valence-electron chi connectivity index (χ1n) is 10.7. The summed E-state index contributed by atoms with van der Waals surface area (Å²) >= 11 is 5.92. The lowest BCUT2D eigenvalue weighted by Crippen LogP contribution is -2.24. The highest BCUT2D eigenvalue weighted by Crippen LogP contribution is 2.23. The zero-order chi connectivity index (χ0) is 26.5. The summed E-state index contributed by atoms with van der Waals surface area (Å²) in [6.07, 6.45) is 1.54. The number of hydrogen-bond donors (Lipinski definition) is 1. The highest BCUT2D eigenvalue weighted by atomic mass is 35.5. The molecule has 0 aromatic heterocycles. The zero-order valence-electron chi connectivity index (χ0n) is 19.8. The van der Waals surface area contributed by atoms with Crippen LogP contribution in [0.1, 0.15) is 16.7 Å². The van der Waals surface area contributed by atoms with Gasteiger partial charge in [-0.3, -0.25) is 4.79 Å². The smallest absolute Gasteiger partial charge is 0.339 e. The Bertz CT molecular complexity index is 1400. The van der Waals surface area contributed by atoms with Gasteiger partial charge in [0.15, 0.2) is 6.61 Å². The fourth-order valence-electron chi connectivity index (χ4n) is 3.17. The number of aryl methyl sites for hydroxylation is 1. The second-order valence-electron chi connectivity index (χ2n) is 8.01. The number of carbonyl (C=O) groups is 2. The van der Waals surface area contributed by atoms with E-state index in [-0.39, 0.29) is 16.2 Å². The Morgan fingerprint density at radius 3 is 2.28 bits per heavy atom. The molecule has 3 rings (SSSR count). The molecule has 0 aliphatic carbocycles. The van der Waals surface area contributed by atoms with Gasteiger partial charge in [-0.15, -0.1) is 0 Å². The number of benzene rings is 3. The van der Waals surface area contributed by atoms with Crippen molar-refractivity contribution in [2.75, 3.05) is 26.0 Å². The Kier molecular flexibility index (Phi) is 8.62. The molecule has 7 nitrogen and oxygen atoms in total. The molecule has 0 radical (unpaired) electrons. The van der Waals surface area contributed by atoms with Crippen molar-refractivity contribution in [1.29, 1.82) is 0 Å². The maximum absolute atomic E-state index is 13.4. The normalized spacial score (nSPS) is 11.9. The van der Waals surface area contributed by atoms with E-state index in [1.54, 1.807) is 49.4 Å². The van der Waals surface area contributed by atoms with Crippen molar-refractivity contribution in [3.05, 3.63) is 94.3 Å². The number of nitrogens with one attached hydrogen (secondary N) is 1. The molecule has 0 aliphatic heterocycles. The lowest BCUT2D eigenvalue weighted by molar-refractivity contribution is -0.141. The standard InChI is InChI=1S/C26H24ClFN2O5S/c1-17-4-13-22(15-24(17)36(33,34)30(2)3)29-25(31)16-35-26(32)23(19-7-11-21(28)12-8-19)14-18-5-9-20(27)10-6-18/h4-15H,16H2,1-3H3,(H,29,31). The van der Waals surface area contributed by atoms with Gasteiger partial charge in [-0.2, -0.15) is 0 Å². The predicted octanol–water partition coefficient (Wildman–Crippen LogP) is 4.76. The summed E-state index contributed by atoms with van der Waals surface area (Å²) in [5.74, 6) is -1.93. The molecule has 0 saturated heterocycles. The van der Waals surface area contributed by atoms with Crippen molar-refractivity contribution in [2.24, 2.45) is 0 Å². The van der Waals surface area contributed by atoms with Crippen LogP contribution >= 0.6 is 11.6 Å². The van der Waals surface area contributed by atoms with Gasteiger partial charge in [0.05, 0.1) is 10.5 Å². The Labute approximate surface area is 214 Å². The average molecular weight is 531 g/mol. The first-order chi connectivity index (χ1) is 17.0. The van der Waals surface area contributed by atoms with E-state index < -0.39 is 34.3 Å². The third-order valence-electron chi connectivity index (χ3n) is 5.12.